The van der Waals surface area contributed by atoms with Crippen LogP contribution in [0.25, 0.3) is 82.9 Å². The molecule has 4 heteroatoms. The fourth-order valence-corrected chi connectivity index (χ4v) is 6.79. The molecule has 0 unspecified atom stereocenters. The van der Waals surface area contributed by atoms with Crippen molar-refractivity contribution in [2.75, 3.05) is 0 Å². The van der Waals surface area contributed by atoms with E-state index in [-0.39, 0.29) is 0 Å². The number of fused-ring (bicyclic) bond motifs is 5. The van der Waals surface area contributed by atoms with E-state index in [1.807, 2.05) is 24.3 Å². The normalized spacial score (nSPS) is 11.6. The van der Waals surface area contributed by atoms with E-state index in [9.17, 15) is 0 Å². The van der Waals surface area contributed by atoms with Gasteiger partial charge in [0.25, 0.3) is 0 Å². The van der Waals surface area contributed by atoms with Crippen LogP contribution in [0.1, 0.15) is 0 Å². The minimum absolute atomic E-state index is 0.692. The Morgan fingerprint density at radius 3 is 1.96 bits per heavy atom. The molecule has 2 aromatic heterocycles. The monoisotopic (exact) mass is 607 g/mol. The average Bonchev–Trinajstić information content (AvgIpc) is 3.43. The Morgan fingerprint density at radius 2 is 1.11 bits per heavy atom. The Labute approximate surface area is 271 Å². The lowest BCUT2D eigenvalue weighted by molar-refractivity contribution is 1.17. The second-order valence-electron chi connectivity index (χ2n) is 11.6. The Morgan fingerprint density at radius 1 is 0.435 bits per heavy atom. The van der Waals surface area contributed by atoms with Gasteiger partial charge in [0.1, 0.15) is 0 Å². The van der Waals surface area contributed by atoms with Gasteiger partial charge in [-0.2, -0.15) is 0 Å². The van der Waals surface area contributed by atoms with Gasteiger partial charge >= 0.3 is 0 Å². The van der Waals surface area contributed by atoms with E-state index in [0.29, 0.717) is 5.82 Å². The minimum Gasteiger partial charge on any atom is -0.309 e. The van der Waals surface area contributed by atoms with Crippen LogP contribution in [0.3, 0.4) is 0 Å². The van der Waals surface area contributed by atoms with Crippen LogP contribution in [0.5, 0.6) is 0 Å². The van der Waals surface area contributed by atoms with Crippen molar-refractivity contribution >= 4 is 55.1 Å². The highest BCUT2D eigenvalue weighted by Crippen LogP contribution is 2.37. The summed E-state index contributed by atoms with van der Waals surface area (Å²) >= 11 is 6.52. The van der Waals surface area contributed by atoms with Crippen LogP contribution in [0.4, 0.5) is 0 Å². The summed E-state index contributed by atoms with van der Waals surface area (Å²) in [6.07, 6.45) is 0. The summed E-state index contributed by atoms with van der Waals surface area (Å²) in [4.78, 5) is 10.3. The number of halogens is 1. The number of hydrogen-bond donors (Lipinski definition) is 0. The molecule has 0 saturated carbocycles. The van der Waals surface area contributed by atoms with Gasteiger partial charge in [0.2, 0.25) is 0 Å². The molecule has 7 aromatic carbocycles. The van der Waals surface area contributed by atoms with Gasteiger partial charge in [-0.25, -0.2) is 9.97 Å². The summed E-state index contributed by atoms with van der Waals surface area (Å²) in [5.41, 5.74) is 9.49. The molecule has 0 aliphatic carbocycles. The molecule has 0 N–H and O–H groups in total. The molecule has 0 atom stereocenters. The van der Waals surface area contributed by atoms with Crippen molar-refractivity contribution in [3.63, 3.8) is 0 Å². The highest BCUT2D eigenvalue weighted by molar-refractivity contribution is 6.32. The third-order valence-electron chi connectivity index (χ3n) is 8.83. The predicted molar refractivity (Wildman–Crippen MR) is 193 cm³/mol. The largest absolute Gasteiger partial charge is 0.309 e. The molecular weight excluding hydrogens is 582 g/mol. The zero-order valence-electron chi connectivity index (χ0n) is 24.7. The second-order valence-corrected chi connectivity index (χ2v) is 12.1. The SMILES string of the molecule is Clc1ccc2c(c1)c1cc3ccccc3cc1n2-c1cccc(-c2nc(-c3ccc(-c4ccccc4)cc3)c3ccccc3n2)c1. The van der Waals surface area contributed by atoms with Gasteiger partial charge < -0.3 is 4.57 Å². The Balaban J connectivity index is 1.22. The fraction of sp³-hybridized carbons (Fsp3) is 0. The van der Waals surface area contributed by atoms with Crippen LogP contribution in [-0.4, -0.2) is 14.5 Å². The fourth-order valence-electron chi connectivity index (χ4n) is 6.62. The molecule has 9 aromatic rings. The van der Waals surface area contributed by atoms with E-state index in [1.165, 1.54) is 27.3 Å². The van der Waals surface area contributed by atoms with Crippen LogP contribution in [0, 0.1) is 0 Å². The first-order valence-electron chi connectivity index (χ1n) is 15.4. The van der Waals surface area contributed by atoms with Crippen molar-refractivity contribution in [3.05, 3.63) is 163 Å². The summed E-state index contributed by atoms with van der Waals surface area (Å²) in [6, 6.07) is 55.0. The molecule has 0 bridgehead atoms. The molecule has 3 nitrogen and oxygen atoms in total. The molecule has 216 valence electrons. The third-order valence-corrected chi connectivity index (χ3v) is 9.06. The van der Waals surface area contributed by atoms with E-state index in [2.05, 4.69) is 138 Å². The van der Waals surface area contributed by atoms with Crippen LogP contribution < -0.4 is 0 Å². The molecule has 0 spiro atoms. The van der Waals surface area contributed by atoms with Crippen LogP contribution >= 0.6 is 11.6 Å². The molecule has 0 amide bonds. The summed E-state index contributed by atoms with van der Waals surface area (Å²) in [7, 11) is 0. The van der Waals surface area contributed by atoms with E-state index in [1.54, 1.807) is 0 Å². The lowest BCUT2D eigenvalue weighted by Crippen LogP contribution is -1.98. The predicted octanol–water partition coefficient (Wildman–Crippen LogP) is 11.5. The maximum absolute atomic E-state index is 6.52. The molecular formula is C42H26ClN3. The summed E-state index contributed by atoms with van der Waals surface area (Å²) < 4.78 is 2.32. The number of nitrogens with zero attached hydrogens (tertiary/aromatic N) is 3. The van der Waals surface area contributed by atoms with E-state index < -0.39 is 0 Å². The first-order chi connectivity index (χ1) is 22.7. The highest BCUT2D eigenvalue weighted by atomic mass is 35.5. The van der Waals surface area contributed by atoms with Crippen molar-refractivity contribution in [2.24, 2.45) is 0 Å². The number of benzene rings is 7. The Bertz CT molecular complexity index is 2590. The number of aromatic nitrogens is 3. The van der Waals surface area contributed by atoms with Crippen molar-refractivity contribution < 1.29 is 0 Å². The molecule has 46 heavy (non-hydrogen) atoms. The first kappa shape index (κ1) is 26.6. The molecule has 9 rings (SSSR count). The van der Waals surface area contributed by atoms with Crippen molar-refractivity contribution in [1.82, 2.24) is 14.5 Å². The number of rotatable bonds is 4. The van der Waals surface area contributed by atoms with Crippen LogP contribution in [0.2, 0.25) is 5.02 Å². The van der Waals surface area contributed by atoms with Crippen molar-refractivity contribution in [3.8, 4) is 39.5 Å². The van der Waals surface area contributed by atoms with Crippen molar-refractivity contribution in [2.45, 2.75) is 0 Å². The quantitative estimate of drug-likeness (QED) is 0.199. The van der Waals surface area contributed by atoms with Crippen LogP contribution in [-0.2, 0) is 0 Å². The van der Waals surface area contributed by atoms with Gasteiger partial charge in [0.05, 0.1) is 22.2 Å². The minimum atomic E-state index is 0.692. The smallest absolute Gasteiger partial charge is 0.160 e. The second kappa shape index (κ2) is 10.7. The standard InChI is InChI=1S/C42H26ClN3/c43-33-21-22-39-37(26-33)36-24-30-11-4-5-12-31(30)25-40(36)46(39)34-14-8-13-32(23-34)42-44-38-16-7-6-15-35(38)41(45-42)29-19-17-28(18-20-29)27-9-2-1-3-10-27/h1-26H. The van der Waals surface area contributed by atoms with Gasteiger partial charge in [-0.3, -0.25) is 0 Å². The highest BCUT2D eigenvalue weighted by Gasteiger charge is 2.16. The lowest BCUT2D eigenvalue weighted by atomic mass is 10.0. The third kappa shape index (κ3) is 4.44. The maximum Gasteiger partial charge on any atom is 0.160 e. The van der Waals surface area contributed by atoms with Gasteiger partial charge in [-0.05, 0) is 70.4 Å². The average molecular weight is 608 g/mol. The molecule has 0 aliphatic heterocycles. The Kier molecular flexibility index (Phi) is 6.19. The first-order valence-corrected chi connectivity index (χ1v) is 15.7. The molecule has 2 heterocycles. The molecule has 0 fully saturated rings. The van der Waals surface area contributed by atoms with Gasteiger partial charge in [0.15, 0.2) is 5.82 Å². The summed E-state index contributed by atoms with van der Waals surface area (Å²) in [6.45, 7) is 0. The zero-order valence-corrected chi connectivity index (χ0v) is 25.5. The van der Waals surface area contributed by atoms with Gasteiger partial charge in [0, 0.05) is 38.0 Å². The summed E-state index contributed by atoms with van der Waals surface area (Å²) in [5.74, 6) is 0.692. The molecule has 0 saturated heterocycles. The maximum atomic E-state index is 6.52. The Hall–Kier alpha value is -5.77. The number of para-hydroxylation sites is 1. The van der Waals surface area contributed by atoms with Gasteiger partial charge in [-0.1, -0.05) is 121 Å². The van der Waals surface area contributed by atoms with Crippen LogP contribution in [0.15, 0.2) is 158 Å². The molecule has 0 aliphatic rings. The topological polar surface area (TPSA) is 30.7 Å². The van der Waals surface area contributed by atoms with Gasteiger partial charge in [-0.15, -0.1) is 0 Å². The number of hydrogen-bond acceptors (Lipinski definition) is 2. The van der Waals surface area contributed by atoms with E-state index >= 15 is 0 Å². The lowest BCUT2D eigenvalue weighted by Gasteiger charge is -2.12. The van der Waals surface area contributed by atoms with Crippen molar-refractivity contribution in [1.29, 1.82) is 0 Å². The van der Waals surface area contributed by atoms with E-state index in [4.69, 9.17) is 21.6 Å². The summed E-state index contributed by atoms with van der Waals surface area (Å²) in [5, 5.41) is 6.45. The van der Waals surface area contributed by atoms with E-state index in [0.717, 1.165) is 54.9 Å². The molecule has 0 radical (unpaired) electrons. The zero-order chi connectivity index (χ0) is 30.6.